The van der Waals surface area contributed by atoms with Gasteiger partial charge in [0.2, 0.25) is 5.91 Å². The summed E-state index contributed by atoms with van der Waals surface area (Å²) >= 11 is 0. The van der Waals surface area contributed by atoms with Crippen molar-refractivity contribution in [2.24, 2.45) is 0 Å². The third-order valence-corrected chi connectivity index (χ3v) is 1.02. The minimum absolute atomic E-state index is 0. The van der Waals surface area contributed by atoms with Crippen molar-refractivity contribution < 1.29 is 12.4 Å². The number of amides is 1. The second-order valence-corrected chi connectivity index (χ2v) is 2.03. The van der Waals surface area contributed by atoms with E-state index in [0.29, 0.717) is 13.0 Å². The van der Waals surface area contributed by atoms with Crippen LogP contribution < -0.4 is 0 Å². The molecule has 0 spiro atoms. The average Bonchev–Trinajstić information content (AvgIpc) is 1.82. The minimum atomic E-state index is 0. The fraction of sp³-hybridized carbons (Fsp3) is 0.833. The zero-order valence-corrected chi connectivity index (χ0v) is 6.18. The third kappa shape index (κ3) is 3.97. The largest absolute Gasteiger partial charge is 0.384 e. The molecule has 0 aromatic rings. The van der Waals surface area contributed by atoms with Crippen molar-refractivity contribution in [2.75, 3.05) is 27.8 Å². The number of rotatable bonds is 3. The highest BCUT2D eigenvalue weighted by Crippen LogP contribution is 1.85. The van der Waals surface area contributed by atoms with E-state index < -0.39 is 0 Å². The lowest BCUT2D eigenvalue weighted by molar-refractivity contribution is -0.129. The van der Waals surface area contributed by atoms with Crippen LogP contribution in [-0.2, 0) is 9.53 Å². The summed E-state index contributed by atoms with van der Waals surface area (Å²) in [6.07, 6.45) is 0.476. The van der Waals surface area contributed by atoms with Gasteiger partial charge in [-0.2, -0.15) is 0 Å². The Hall–Kier alpha value is -0.570. The van der Waals surface area contributed by atoms with Crippen molar-refractivity contribution in [3.8, 4) is 0 Å². The Morgan fingerprint density at radius 1 is 1.67 bits per heavy atom. The van der Waals surface area contributed by atoms with Gasteiger partial charge in [-0.1, -0.05) is 0 Å². The number of ether oxygens (including phenoxy) is 1. The van der Waals surface area contributed by atoms with E-state index in [2.05, 4.69) is 0 Å². The highest BCUT2D eigenvalue weighted by atomic mass is 16.5. The molecule has 0 radical (unpaired) electrons. The lowest BCUT2D eigenvalue weighted by atomic mass is 10.4. The molecule has 0 bridgehead atoms. The first-order valence-electron chi connectivity index (χ1n) is 2.87. The molecule has 0 saturated carbocycles. The van der Waals surface area contributed by atoms with E-state index in [9.17, 15) is 4.79 Å². The molecule has 3 heteroatoms. The number of hydrogen-bond donors (Lipinski definition) is 0. The van der Waals surface area contributed by atoms with Gasteiger partial charge < -0.3 is 9.64 Å². The van der Waals surface area contributed by atoms with Gasteiger partial charge in [0, 0.05) is 24.1 Å². The molecule has 0 aromatic carbocycles. The lowest BCUT2D eigenvalue weighted by Gasteiger charge is -2.08. The average molecular weight is 135 g/mol. The summed E-state index contributed by atoms with van der Waals surface area (Å²) in [6, 6.07) is 0. The van der Waals surface area contributed by atoms with Crippen LogP contribution in [0, 0.1) is 0 Å². The van der Waals surface area contributed by atoms with Gasteiger partial charge in [0.1, 0.15) is 0 Å². The zero-order chi connectivity index (χ0) is 7.28. The highest BCUT2D eigenvalue weighted by Gasteiger charge is 2.00. The Morgan fingerprint density at radius 2 is 2.22 bits per heavy atom. The molecule has 58 valence electrons. The van der Waals surface area contributed by atoms with Crippen LogP contribution in [0.25, 0.3) is 0 Å². The van der Waals surface area contributed by atoms with Crippen molar-refractivity contribution in [3.63, 3.8) is 0 Å². The predicted molar refractivity (Wildman–Crippen MR) is 39.4 cm³/mol. The summed E-state index contributed by atoms with van der Waals surface area (Å²) in [4.78, 5) is 12.3. The van der Waals surface area contributed by atoms with Crippen molar-refractivity contribution in [1.29, 1.82) is 0 Å². The summed E-state index contributed by atoms with van der Waals surface area (Å²) in [7, 11) is 5.05. The number of methoxy groups -OCH3 is 1. The maximum Gasteiger partial charge on any atom is 0.224 e. The van der Waals surface area contributed by atoms with Gasteiger partial charge >= 0.3 is 0 Å². The SMILES string of the molecule is COCCC(=O)N(C)C.[HH].[HH]. The molecule has 0 heterocycles. The van der Waals surface area contributed by atoms with E-state index in [0.717, 1.165) is 0 Å². The predicted octanol–water partition coefficient (Wildman–Crippen LogP) is 0.603. The van der Waals surface area contributed by atoms with Gasteiger partial charge in [0.05, 0.1) is 13.0 Å². The molecule has 0 rings (SSSR count). The zero-order valence-electron chi connectivity index (χ0n) is 6.18. The highest BCUT2D eigenvalue weighted by molar-refractivity contribution is 5.75. The van der Waals surface area contributed by atoms with Crippen LogP contribution in [0.3, 0.4) is 0 Å². The standard InChI is InChI=1S/C6H13NO2.2H2/c1-7(2)6(8)4-5-9-3;;/h4-5H2,1-3H3;2*1H. The molecule has 0 fully saturated rings. The maximum atomic E-state index is 10.7. The minimum Gasteiger partial charge on any atom is -0.384 e. The van der Waals surface area contributed by atoms with Crippen LogP contribution in [0.5, 0.6) is 0 Å². The fourth-order valence-electron chi connectivity index (χ4n) is 0.413. The van der Waals surface area contributed by atoms with E-state index in [4.69, 9.17) is 4.74 Å². The number of nitrogens with zero attached hydrogens (tertiary/aromatic N) is 1. The quantitative estimate of drug-likeness (QED) is 0.567. The second kappa shape index (κ2) is 4.32. The topological polar surface area (TPSA) is 29.5 Å². The van der Waals surface area contributed by atoms with Gasteiger partial charge in [-0.3, -0.25) is 4.79 Å². The Labute approximate surface area is 58.6 Å². The van der Waals surface area contributed by atoms with Gasteiger partial charge in [-0.25, -0.2) is 0 Å². The third-order valence-electron chi connectivity index (χ3n) is 1.02. The molecular formula is C6H17NO2. The maximum absolute atomic E-state index is 10.7. The molecule has 0 saturated heterocycles. The molecule has 0 atom stereocenters. The Morgan fingerprint density at radius 3 is 2.56 bits per heavy atom. The van der Waals surface area contributed by atoms with Crippen LogP contribution in [0.2, 0.25) is 0 Å². The van der Waals surface area contributed by atoms with Gasteiger partial charge in [0.25, 0.3) is 0 Å². The molecule has 0 aromatic heterocycles. The molecule has 1 amide bonds. The number of carbonyl (C=O) groups is 1. The molecule has 0 aliphatic rings. The molecule has 0 aliphatic carbocycles. The monoisotopic (exact) mass is 135 g/mol. The van der Waals surface area contributed by atoms with Crippen LogP contribution in [0.1, 0.15) is 9.27 Å². The van der Waals surface area contributed by atoms with E-state index in [1.54, 1.807) is 26.1 Å². The van der Waals surface area contributed by atoms with E-state index >= 15 is 0 Å². The molecule has 0 unspecified atom stereocenters. The first-order chi connectivity index (χ1) is 4.18. The summed E-state index contributed by atoms with van der Waals surface area (Å²) in [5.74, 6) is 0.108. The summed E-state index contributed by atoms with van der Waals surface area (Å²) in [5.41, 5.74) is 0. The first-order valence-corrected chi connectivity index (χ1v) is 2.87. The van der Waals surface area contributed by atoms with Gasteiger partial charge in [-0.05, 0) is 0 Å². The molecule has 9 heavy (non-hydrogen) atoms. The van der Waals surface area contributed by atoms with Crippen molar-refractivity contribution in [1.82, 2.24) is 4.90 Å². The van der Waals surface area contributed by atoms with E-state index in [1.807, 2.05) is 0 Å². The number of carbonyl (C=O) groups excluding carboxylic acids is 1. The second-order valence-electron chi connectivity index (χ2n) is 2.03. The van der Waals surface area contributed by atoms with Crippen LogP contribution in [0.15, 0.2) is 0 Å². The Bertz CT molecular complexity index is 98.6. The lowest BCUT2D eigenvalue weighted by Crippen LogP contribution is -2.22. The Balaban J connectivity index is -0.000000320. The van der Waals surface area contributed by atoms with E-state index in [1.165, 1.54) is 0 Å². The van der Waals surface area contributed by atoms with Crippen molar-refractivity contribution in [2.45, 2.75) is 6.42 Å². The molecule has 3 nitrogen and oxygen atoms in total. The Kier molecular flexibility index (Phi) is 4.05. The summed E-state index contributed by atoms with van der Waals surface area (Å²) in [5, 5.41) is 0. The van der Waals surface area contributed by atoms with Crippen LogP contribution in [0.4, 0.5) is 0 Å². The van der Waals surface area contributed by atoms with Crippen LogP contribution >= 0.6 is 0 Å². The summed E-state index contributed by atoms with van der Waals surface area (Å²) in [6.45, 7) is 0.511. The number of hydrogen-bond acceptors (Lipinski definition) is 2. The van der Waals surface area contributed by atoms with E-state index in [-0.39, 0.29) is 8.76 Å². The molecule has 0 N–H and O–H groups in total. The first kappa shape index (κ1) is 8.43. The van der Waals surface area contributed by atoms with Crippen molar-refractivity contribution >= 4 is 5.91 Å². The molecule has 0 aliphatic heterocycles. The summed E-state index contributed by atoms with van der Waals surface area (Å²) < 4.78 is 4.72. The normalized spacial score (nSPS) is 9.22. The smallest absolute Gasteiger partial charge is 0.224 e. The fourth-order valence-corrected chi connectivity index (χ4v) is 0.413. The van der Waals surface area contributed by atoms with Gasteiger partial charge in [-0.15, -0.1) is 0 Å². The van der Waals surface area contributed by atoms with Crippen molar-refractivity contribution in [3.05, 3.63) is 0 Å². The van der Waals surface area contributed by atoms with Crippen LogP contribution in [-0.4, -0.2) is 38.6 Å². The molecular weight excluding hydrogens is 118 g/mol. The van der Waals surface area contributed by atoms with Gasteiger partial charge in [0.15, 0.2) is 0 Å².